The number of carbonyl (C=O) groups excluding carboxylic acids is 1. The van der Waals surface area contributed by atoms with Gasteiger partial charge in [-0.25, -0.2) is 0 Å². The quantitative estimate of drug-likeness (QED) is 0.731. The first-order chi connectivity index (χ1) is 11.5. The van der Waals surface area contributed by atoms with Crippen LogP contribution in [0.5, 0.6) is 0 Å². The summed E-state index contributed by atoms with van der Waals surface area (Å²) in [5.41, 5.74) is 1.94. The van der Waals surface area contributed by atoms with Crippen LogP contribution in [0.2, 0.25) is 0 Å². The summed E-state index contributed by atoms with van der Waals surface area (Å²) in [7, 11) is 0. The topological polar surface area (TPSA) is 53.6 Å². The van der Waals surface area contributed by atoms with Crippen LogP contribution in [0.15, 0.2) is 24.3 Å². The summed E-state index contributed by atoms with van der Waals surface area (Å²) in [6.45, 7) is 12.7. The van der Waals surface area contributed by atoms with Gasteiger partial charge in [-0.2, -0.15) is 0 Å². The predicted octanol–water partition coefficient (Wildman–Crippen LogP) is 2.87. The Balaban J connectivity index is 0.00000312. The van der Waals surface area contributed by atoms with Crippen LogP contribution >= 0.6 is 24.8 Å². The molecule has 1 aromatic carbocycles. The van der Waals surface area contributed by atoms with Crippen molar-refractivity contribution in [2.45, 2.75) is 52.5 Å². The van der Waals surface area contributed by atoms with Crippen molar-refractivity contribution in [3.05, 3.63) is 35.4 Å². The van der Waals surface area contributed by atoms with Crippen LogP contribution in [-0.4, -0.2) is 55.2 Å². The Bertz CT molecular complexity index is 518. The van der Waals surface area contributed by atoms with Gasteiger partial charge in [0.15, 0.2) is 0 Å². The first kappa shape index (κ1) is 25.1. The fourth-order valence-corrected chi connectivity index (χ4v) is 3.20. The number of likely N-dealkylation sites (N-methyl/N-ethyl adjacent to an activating group) is 1. The van der Waals surface area contributed by atoms with Crippen LogP contribution in [0, 0.1) is 0 Å². The lowest BCUT2D eigenvalue weighted by atomic mass is 10.1. The minimum atomic E-state index is -0.0140. The van der Waals surface area contributed by atoms with Crippen LogP contribution in [-0.2, 0) is 11.3 Å². The summed E-state index contributed by atoms with van der Waals surface area (Å²) in [5, 5.41) is 6.25. The molecule has 2 rings (SSSR count). The van der Waals surface area contributed by atoms with Gasteiger partial charge in [0.2, 0.25) is 0 Å². The van der Waals surface area contributed by atoms with Gasteiger partial charge in [-0.3, -0.25) is 9.69 Å². The van der Waals surface area contributed by atoms with E-state index in [0.29, 0.717) is 12.1 Å². The fourth-order valence-electron chi connectivity index (χ4n) is 3.20. The molecule has 1 fully saturated rings. The van der Waals surface area contributed by atoms with Gasteiger partial charge in [0.25, 0.3) is 5.91 Å². The lowest BCUT2D eigenvalue weighted by Gasteiger charge is -2.35. The molecule has 1 aliphatic heterocycles. The second-order valence-electron chi connectivity index (χ2n) is 6.82. The van der Waals surface area contributed by atoms with Crippen molar-refractivity contribution in [2.75, 3.05) is 26.2 Å². The number of hydrogen-bond donors (Lipinski definition) is 2. The smallest absolute Gasteiger partial charge is 0.251 e. The van der Waals surface area contributed by atoms with E-state index >= 15 is 0 Å². The van der Waals surface area contributed by atoms with E-state index < -0.39 is 0 Å². The summed E-state index contributed by atoms with van der Waals surface area (Å²) >= 11 is 0. The first-order valence-electron chi connectivity index (χ1n) is 8.96. The molecule has 1 heterocycles. The SMILES string of the molecule is CCN[C@H](C)CNC(=O)c1ccc(CN2CC(C)OC(C)C2)cc1.Cl.Cl. The van der Waals surface area contributed by atoms with Crippen molar-refractivity contribution >= 4 is 30.7 Å². The molecule has 2 unspecified atom stereocenters. The molecule has 1 saturated heterocycles. The Hall–Kier alpha value is -0.850. The Morgan fingerprint density at radius 3 is 2.31 bits per heavy atom. The number of amides is 1. The monoisotopic (exact) mass is 405 g/mol. The first-order valence-corrected chi connectivity index (χ1v) is 8.96. The average Bonchev–Trinajstić information content (AvgIpc) is 2.52. The maximum atomic E-state index is 12.2. The zero-order chi connectivity index (χ0) is 17.5. The number of benzene rings is 1. The molecule has 0 aliphatic carbocycles. The van der Waals surface area contributed by atoms with Crippen molar-refractivity contribution in [2.24, 2.45) is 0 Å². The van der Waals surface area contributed by atoms with E-state index in [2.05, 4.69) is 43.2 Å². The maximum Gasteiger partial charge on any atom is 0.251 e. The minimum Gasteiger partial charge on any atom is -0.373 e. The molecule has 1 aliphatic rings. The molecule has 5 nitrogen and oxygen atoms in total. The molecule has 0 aromatic heterocycles. The zero-order valence-electron chi connectivity index (χ0n) is 16.2. The molecule has 0 spiro atoms. The highest BCUT2D eigenvalue weighted by Crippen LogP contribution is 2.14. The summed E-state index contributed by atoms with van der Waals surface area (Å²) in [6.07, 6.45) is 0.551. The van der Waals surface area contributed by atoms with Gasteiger partial charge in [0.1, 0.15) is 0 Å². The molecule has 26 heavy (non-hydrogen) atoms. The molecule has 0 saturated carbocycles. The van der Waals surface area contributed by atoms with Crippen molar-refractivity contribution in [1.82, 2.24) is 15.5 Å². The Morgan fingerprint density at radius 1 is 1.19 bits per heavy atom. The molecule has 150 valence electrons. The van der Waals surface area contributed by atoms with E-state index in [-0.39, 0.29) is 49.0 Å². The molecular formula is C19H33Cl2N3O2. The molecule has 1 amide bonds. The van der Waals surface area contributed by atoms with Gasteiger partial charge in [-0.15, -0.1) is 24.8 Å². The highest BCUT2D eigenvalue weighted by atomic mass is 35.5. The van der Waals surface area contributed by atoms with E-state index in [9.17, 15) is 4.79 Å². The van der Waals surface area contributed by atoms with Gasteiger partial charge in [0.05, 0.1) is 12.2 Å². The Morgan fingerprint density at radius 2 is 1.77 bits per heavy atom. The normalized spacial score (nSPS) is 21.2. The van der Waals surface area contributed by atoms with Crippen molar-refractivity contribution in [3.8, 4) is 0 Å². The van der Waals surface area contributed by atoms with Crippen molar-refractivity contribution in [3.63, 3.8) is 0 Å². The third kappa shape index (κ3) is 8.23. The van der Waals surface area contributed by atoms with Crippen LogP contribution in [0.1, 0.15) is 43.6 Å². The zero-order valence-corrected chi connectivity index (χ0v) is 17.8. The van der Waals surface area contributed by atoms with Crippen molar-refractivity contribution < 1.29 is 9.53 Å². The number of morpholine rings is 1. The van der Waals surface area contributed by atoms with Gasteiger partial charge in [-0.05, 0) is 45.0 Å². The fraction of sp³-hybridized carbons (Fsp3) is 0.632. The molecule has 7 heteroatoms. The summed E-state index contributed by atoms with van der Waals surface area (Å²) < 4.78 is 5.77. The third-order valence-electron chi connectivity index (χ3n) is 4.24. The van der Waals surface area contributed by atoms with Gasteiger partial charge in [0, 0.05) is 37.8 Å². The lowest BCUT2D eigenvalue weighted by molar-refractivity contribution is -0.0704. The van der Waals surface area contributed by atoms with Crippen LogP contribution in [0.4, 0.5) is 0 Å². The van der Waals surface area contributed by atoms with Crippen LogP contribution in [0.25, 0.3) is 0 Å². The number of carbonyl (C=O) groups is 1. The second kappa shape index (κ2) is 12.5. The summed E-state index contributed by atoms with van der Waals surface area (Å²) in [4.78, 5) is 14.6. The van der Waals surface area contributed by atoms with E-state index in [1.54, 1.807) is 0 Å². The molecule has 0 bridgehead atoms. The standard InChI is InChI=1S/C19H31N3O2.2ClH/c1-5-20-14(2)10-21-19(23)18-8-6-17(7-9-18)13-22-11-15(3)24-16(4)12-22;;/h6-9,14-16,20H,5,10-13H2,1-4H3,(H,21,23);2*1H/t14-,15?,16?;;/m1../s1. The second-order valence-corrected chi connectivity index (χ2v) is 6.82. The minimum absolute atomic E-state index is 0. The van der Waals surface area contributed by atoms with Crippen LogP contribution in [0.3, 0.4) is 0 Å². The third-order valence-corrected chi connectivity index (χ3v) is 4.24. The molecular weight excluding hydrogens is 373 g/mol. The summed E-state index contributed by atoms with van der Waals surface area (Å²) in [6, 6.07) is 8.20. The predicted molar refractivity (Wildman–Crippen MR) is 112 cm³/mol. The molecule has 2 N–H and O–H groups in total. The highest BCUT2D eigenvalue weighted by molar-refractivity contribution is 5.94. The van der Waals surface area contributed by atoms with E-state index in [4.69, 9.17) is 4.74 Å². The number of ether oxygens (including phenoxy) is 1. The Kier molecular flexibility index (Phi) is 12.1. The number of nitrogens with one attached hydrogen (secondary N) is 2. The number of rotatable bonds is 7. The lowest BCUT2D eigenvalue weighted by Crippen LogP contribution is -2.44. The number of halogens is 2. The highest BCUT2D eigenvalue weighted by Gasteiger charge is 2.22. The van der Waals surface area contributed by atoms with E-state index in [0.717, 1.165) is 26.2 Å². The number of nitrogens with zero attached hydrogens (tertiary/aromatic N) is 1. The Labute approximate surface area is 170 Å². The van der Waals surface area contributed by atoms with E-state index in [1.807, 2.05) is 24.3 Å². The van der Waals surface area contributed by atoms with Crippen LogP contribution < -0.4 is 10.6 Å². The molecule has 0 radical (unpaired) electrons. The van der Waals surface area contributed by atoms with Crippen molar-refractivity contribution in [1.29, 1.82) is 0 Å². The van der Waals surface area contributed by atoms with Gasteiger partial charge < -0.3 is 15.4 Å². The molecule has 3 atom stereocenters. The largest absolute Gasteiger partial charge is 0.373 e. The molecule has 1 aromatic rings. The van der Waals surface area contributed by atoms with Gasteiger partial charge >= 0.3 is 0 Å². The number of hydrogen-bond acceptors (Lipinski definition) is 4. The summed E-state index contributed by atoms with van der Waals surface area (Å²) in [5.74, 6) is -0.0140. The van der Waals surface area contributed by atoms with Gasteiger partial charge in [-0.1, -0.05) is 19.1 Å². The van der Waals surface area contributed by atoms with E-state index in [1.165, 1.54) is 5.56 Å². The average molecular weight is 406 g/mol. The maximum absolute atomic E-state index is 12.2.